The second kappa shape index (κ2) is 8.11. The fraction of sp³-hybridized carbons (Fsp3) is 0.238. The number of benzene rings is 2. The monoisotopic (exact) mass is 423 g/mol. The second-order valence-corrected chi connectivity index (χ2v) is 7.71. The summed E-state index contributed by atoms with van der Waals surface area (Å²) in [6.45, 7) is 1.38. The molecule has 0 aliphatic carbocycles. The van der Waals surface area contributed by atoms with Crippen molar-refractivity contribution < 1.29 is 9.59 Å². The van der Waals surface area contributed by atoms with Gasteiger partial charge in [0.05, 0.1) is 22.3 Å². The number of hydrogen-bond acceptors (Lipinski definition) is 5. The van der Waals surface area contributed by atoms with Crippen molar-refractivity contribution >= 4 is 46.3 Å². The largest absolute Gasteiger partial charge is 0.370 e. The number of anilines is 2. The molecule has 0 unspecified atom stereocenters. The van der Waals surface area contributed by atoms with Crippen molar-refractivity contribution in [3.8, 4) is 0 Å². The Morgan fingerprint density at radius 2 is 1.83 bits per heavy atom. The van der Waals surface area contributed by atoms with Gasteiger partial charge in [-0.05, 0) is 55.4 Å². The van der Waals surface area contributed by atoms with Crippen molar-refractivity contribution in [1.29, 1.82) is 0 Å². The molecule has 1 aromatic heterocycles. The van der Waals surface area contributed by atoms with Gasteiger partial charge in [-0.2, -0.15) is 0 Å². The van der Waals surface area contributed by atoms with Crippen LogP contribution < -0.4 is 21.5 Å². The minimum Gasteiger partial charge on any atom is -0.370 e. The van der Waals surface area contributed by atoms with E-state index in [1.807, 2.05) is 24.3 Å². The number of hydrogen-bond donors (Lipinski definition) is 4. The molecule has 1 saturated heterocycles. The number of para-hydroxylation sites is 2. The third-order valence-electron chi connectivity index (χ3n) is 5.39. The van der Waals surface area contributed by atoms with Crippen LogP contribution in [0.3, 0.4) is 0 Å². The van der Waals surface area contributed by atoms with Crippen LogP contribution in [0.4, 0.5) is 11.4 Å². The molecule has 0 saturated carbocycles. The van der Waals surface area contributed by atoms with E-state index in [1.165, 1.54) is 0 Å². The summed E-state index contributed by atoms with van der Waals surface area (Å²) in [6.07, 6.45) is 1.38. The number of carbonyl (C=O) groups excluding carboxylic acids is 2. The number of amides is 2. The Balaban J connectivity index is 1.57. The van der Waals surface area contributed by atoms with Gasteiger partial charge in [0.1, 0.15) is 0 Å². The molecule has 2 heterocycles. The van der Waals surface area contributed by atoms with Gasteiger partial charge in [-0.15, -0.1) is 0 Å². The first-order valence-electron chi connectivity index (χ1n) is 9.63. The molecule has 5 N–H and O–H groups in total. The highest BCUT2D eigenvalue weighted by Crippen LogP contribution is 2.30. The molecule has 1 aliphatic heterocycles. The van der Waals surface area contributed by atoms with Crippen molar-refractivity contribution in [2.75, 3.05) is 23.3 Å². The number of nitrogens with two attached hydrogens (primary N) is 1. The lowest BCUT2D eigenvalue weighted by atomic mass is 9.96. The number of primary amides is 1. The van der Waals surface area contributed by atoms with Crippen LogP contribution in [0.2, 0.25) is 0 Å². The number of fused-ring (bicyclic) bond motifs is 1. The molecular formula is C21H21N5O3S. The molecule has 3 aromatic rings. The Kier molecular flexibility index (Phi) is 5.37. The first-order chi connectivity index (χ1) is 14.4. The molecule has 9 heteroatoms. The summed E-state index contributed by atoms with van der Waals surface area (Å²) in [5, 5.41) is 3.38. The van der Waals surface area contributed by atoms with Gasteiger partial charge in [-0.3, -0.25) is 19.4 Å². The maximum absolute atomic E-state index is 12.9. The van der Waals surface area contributed by atoms with Crippen LogP contribution in [0, 0.1) is 10.7 Å². The molecule has 2 amide bonds. The first kappa shape index (κ1) is 19.8. The minimum atomic E-state index is -0.301. The lowest BCUT2D eigenvalue weighted by Gasteiger charge is -2.33. The lowest BCUT2D eigenvalue weighted by Crippen LogP contribution is -2.38. The third kappa shape index (κ3) is 3.97. The minimum absolute atomic E-state index is 0.103. The van der Waals surface area contributed by atoms with E-state index in [0.717, 1.165) is 5.69 Å². The highest BCUT2D eigenvalue weighted by molar-refractivity contribution is 7.71. The van der Waals surface area contributed by atoms with Gasteiger partial charge in [0, 0.05) is 24.6 Å². The Hall–Kier alpha value is -3.46. The van der Waals surface area contributed by atoms with Crippen LogP contribution in [0.25, 0.3) is 10.9 Å². The summed E-state index contributed by atoms with van der Waals surface area (Å²) in [7, 11) is 0. The number of aromatic amines is 2. The van der Waals surface area contributed by atoms with Crippen LogP contribution in [-0.2, 0) is 4.79 Å². The number of carbonyl (C=O) groups is 2. The molecule has 0 bridgehead atoms. The van der Waals surface area contributed by atoms with Crippen LogP contribution in [0.1, 0.15) is 23.2 Å². The van der Waals surface area contributed by atoms with E-state index >= 15 is 0 Å². The number of rotatable bonds is 4. The quantitative estimate of drug-likeness (QED) is 0.480. The van der Waals surface area contributed by atoms with Gasteiger partial charge in [0.15, 0.2) is 4.77 Å². The van der Waals surface area contributed by atoms with E-state index in [4.69, 9.17) is 18.0 Å². The Morgan fingerprint density at radius 1 is 1.10 bits per heavy atom. The molecule has 0 atom stereocenters. The van der Waals surface area contributed by atoms with Gasteiger partial charge < -0.3 is 20.9 Å². The van der Waals surface area contributed by atoms with Crippen LogP contribution >= 0.6 is 12.2 Å². The summed E-state index contributed by atoms with van der Waals surface area (Å²) >= 11 is 5.01. The average Bonchev–Trinajstić information content (AvgIpc) is 2.73. The number of nitrogens with zero attached hydrogens (tertiary/aromatic N) is 1. The SMILES string of the molecule is NC(=O)C1CCN(c2ccccc2NC(=O)c2ccc3c(=O)[nH]c(=S)[nH]c3c2)CC1. The molecule has 0 radical (unpaired) electrons. The number of aromatic nitrogens is 2. The van der Waals surface area contributed by atoms with Crippen molar-refractivity contribution in [3.63, 3.8) is 0 Å². The van der Waals surface area contributed by atoms with Gasteiger partial charge in [0.2, 0.25) is 5.91 Å². The fourth-order valence-corrected chi connectivity index (χ4v) is 3.97. The van der Waals surface area contributed by atoms with Crippen molar-refractivity contribution in [3.05, 3.63) is 63.2 Å². The molecule has 2 aromatic carbocycles. The Labute approximate surface area is 177 Å². The summed E-state index contributed by atoms with van der Waals surface area (Å²) in [6, 6.07) is 12.3. The molecule has 1 fully saturated rings. The zero-order valence-electron chi connectivity index (χ0n) is 16.1. The average molecular weight is 423 g/mol. The summed E-state index contributed by atoms with van der Waals surface area (Å²) < 4.78 is 0.203. The van der Waals surface area contributed by atoms with E-state index in [-0.39, 0.29) is 28.1 Å². The van der Waals surface area contributed by atoms with Gasteiger partial charge in [0.25, 0.3) is 11.5 Å². The molecule has 154 valence electrons. The zero-order chi connectivity index (χ0) is 21.3. The fourth-order valence-electron chi connectivity index (χ4n) is 3.77. The summed E-state index contributed by atoms with van der Waals surface area (Å²) in [5.74, 6) is -0.657. The molecule has 8 nitrogen and oxygen atoms in total. The van der Waals surface area contributed by atoms with E-state index in [9.17, 15) is 14.4 Å². The molecule has 1 aliphatic rings. The normalized spacial score (nSPS) is 14.6. The zero-order valence-corrected chi connectivity index (χ0v) is 16.9. The summed E-state index contributed by atoms with van der Waals surface area (Å²) in [4.78, 5) is 43.9. The van der Waals surface area contributed by atoms with Crippen LogP contribution in [-0.4, -0.2) is 34.9 Å². The van der Waals surface area contributed by atoms with Gasteiger partial charge >= 0.3 is 0 Å². The van der Waals surface area contributed by atoms with E-state index in [1.54, 1.807) is 18.2 Å². The molecule has 30 heavy (non-hydrogen) atoms. The summed E-state index contributed by atoms with van der Waals surface area (Å²) in [5.41, 5.74) is 7.60. The Bertz CT molecular complexity index is 1240. The highest BCUT2D eigenvalue weighted by atomic mass is 32.1. The molecule has 4 rings (SSSR count). The topological polar surface area (TPSA) is 124 Å². The van der Waals surface area contributed by atoms with Crippen molar-refractivity contribution in [2.45, 2.75) is 12.8 Å². The van der Waals surface area contributed by atoms with E-state index in [2.05, 4.69) is 20.2 Å². The smallest absolute Gasteiger partial charge is 0.259 e. The van der Waals surface area contributed by atoms with Gasteiger partial charge in [-0.25, -0.2) is 0 Å². The lowest BCUT2D eigenvalue weighted by molar-refractivity contribution is -0.122. The Morgan fingerprint density at radius 3 is 2.57 bits per heavy atom. The van der Waals surface area contributed by atoms with Crippen LogP contribution in [0.5, 0.6) is 0 Å². The molecule has 0 spiro atoms. The van der Waals surface area contributed by atoms with Gasteiger partial charge in [-0.1, -0.05) is 12.1 Å². The predicted octanol–water partition coefficient (Wildman–Crippen LogP) is 2.54. The standard InChI is InChI=1S/C21H21N5O3S/c22-18(27)12-7-9-26(10-8-12)17-4-2-1-3-15(17)23-19(28)13-5-6-14-16(11-13)24-21(30)25-20(14)29/h1-6,11-12H,7-10H2,(H2,22,27)(H,23,28)(H2,24,25,29,30). The van der Waals surface area contributed by atoms with Crippen molar-refractivity contribution in [1.82, 2.24) is 9.97 Å². The van der Waals surface area contributed by atoms with E-state index < -0.39 is 0 Å². The maximum Gasteiger partial charge on any atom is 0.259 e. The first-order valence-corrected chi connectivity index (χ1v) is 10.0. The maximum atomic E-state index is 12.9. The molecular weight excluding hydrogens is 402 g/mol. The predicted molar refractivity (Wildman–Crippen MR) is 118 cm³/mol. The highest BCUT2D eigenvalue weighted by Gasteiger charge is 2.24. The second-order valence-electron chi connectivity index (χ2n) is 7.30. The number of nitrogens with one attached hydrogen (secondary N) is 3. The van der Waals surface area contributed by atoms with Crippen molar-refractivity contribution in [2.24, 2.45) is 11.7 Å². The van der Waals surface area contributed by atoms with E-state index in [0.29, 0.717) is 48.1 Å². The van der Waals surface area contributed by atoms with Crippen LogP contribution in [0.15, 0.2) is 47.3 Å². The third-order valence-corrected chi connectivity index (χ3v) is 5.60. The number of piperidine rings is 1. The number of H-pyrrole nitrogens is 2.